The summed E-state index contributed by atoms with van der Waals surface area (Å²) in [5, 5.41) is 4.33. The minimum absolute atomic E-state index is 0.698. The maximum atomic E-state index is 5.91. The molecule has 0 aliphatic heterocycles. The minimum atomic E-state index is 0.698. The molecule has 0 atom stereocenters. The summed E-state index contributed by atoms with van der Waals surface area (Å²) in [5.41, 5.74) is 11.6. The molecular weight excluding hydrogens is 336 g/mol. The van der Waals surface area contributed by atoms with Gasteiger partial charge in [0.05, 0.1) is 23.1 Å². The Morgan fingerprint density at radius 2 is 1.85 bits per heavy atom. The number of rotatable bonds is 5. The summed E-state index contributed by atoms with van der Waals surface area (Å²) in [4.78, 5) is 17.5. The van der Waals surface area contributed by atoms with Gasteiger partial charge in [0.15, 0.2) is 0 Å². The van der Waals surface area contributed by atoms with Crippen LogP contribution in [0.5, 0.6) is 0 Å². The summed E-state index contributed by atoms with van der Waals surface area (Å²) < 4.78 is 0. The average Bonchev–Trinajstić information content (AvgIpc) is 2.69. The second-order valence-electron chi connectivity index (χ2n) is 6.38. The molecule has 6 heteroatoms. The van der Waals surface area contributed by atoms with Gasteiger partial charge in [-0.3, -0.25) is 9.97 Å². The van der Waals surface area contributed by atoms with Gasteiger partial charge in [0.25, 0.3) is 0 Å². The van der Waals surface area contributed by atoms with E-state index in [1.165, 1.54) is 5.56 Å². The van der Waals surface area contributed by atoms with Crippen molar-refractivity contribution in [3.05, 3.63) is 72.4 Å². The molecule has 3 N–H and O–H groups in total. The molecule has 0 bridgehead atoms. The van der Waals surface area contributed by atoms with E-state index in [0.29, 0.717) is 5.69 Å². The number of hydrogen-bond donors (Lipinski definition) is 2. The monoisotopic (exact) mass is 356 g/mol. The predicted octanol–water partition coefficient (Wildman–Crippen LogP) is 3.63. The Labute approximate surface area is 157 Å². The number of anilines is 2. The van der Waals surface area contributed by atoms with Crippen molar-refractivity contribution in [2.24, 2.45) is 0 Å². The van der Waals surface area contributed by atoms with Crippen molar-refractivity contribution in [1.82, 2.24) is 19.9 Å². The number of aryl methyl sites for hydroxylation is 1. The summed E-state index contributed by atoms with van der Waals surface area (Å²) in [7, 11) is 0. The molecule has 2 aromatic carbocycles. The lowest BCUT2D eigenvalue weighted by Crippen LogP contribution is -2.08. The van der Waals surface area contributed by atoms with E-state index in [1.807, 2.05) is 43.5 Å². The van der Waals surface area contributed by atoms with Gasteiger partial charge < -0.3 is 11.1 Å². The molecule has 6 nitrogen and oxygen atoms in total. The van der Waals surface area contributed by atoms with Crippen molar-refractivity contribution < 1.29 is 0 Å². The zero-order chi connectivity index (χ0) is 18.6. The van der Waals surface area contributed by atoms with E-state index in [9.17, 15) is 0 Å². The molecule has 4 rings (SSSR count). The van der Waals surface area contributed by atoms with E-state index in [-0.39, 0.29) is 0 Å². The fraction of sp³-hybridized carbons (Fsp3) is 0.143. The maximum absolute atomic E-state index is 5.91. The minimum Gasteiger partial charge on any atom is -0.399 e. The van der Waals surface area contributed by atoms with Crippen LogP contribution in [0.1, 0.15) is 11.3 Å². The first-order valence-corrected chi connectivity index (χ1v) is 8.82. The first kappa shape index (κ1) is 16.9. The zero-order valence-electron chi connectivity index (χ0n) is 15.1. The average molecular weight is 356 g/mol. The van der Waals surface area contributed by atoms with Crippen LogP contribution in [0.25, 0.3) is 22.2 Å². The summed E-state index contributed by atoms with van der Waals surface area (Å²) in [6.45, 7) is 2.67. The summed E-state index contributed by atoms with van der Waals surface area (Å²) in [5.74, 6) is 0.792. The summed E-state index contributed by atoms with van der Waals surface area (Å²) in [6.07, 6.45) is 6.01. The van der Waals surface area contributed by atoms with E-state index in [2.05, 4.69) is 37.4 Å². The maximum Gasteiger partial charge on any atom is 0.137 e. The van der Waals surface area contributed by atoms with Crippen LogP contribution in [0.4, 0.5) is 11.5 Å². The number of benzene rings is 2. The number of fused-ring (bicyclic) bond motifs is 1. The van der Waals surface area contributed by atoms with Gasteiger partial charge in [-0.05, 0) is 37.1 Å². The van der Waals surface area contributed by atoms with Gasteiger partial charge in [0, 0.05) is 29.4 Å². The Hall–Kier alpha value is -3.54. The highest BCUT2D eigenvalue weighted by Gasteiger charge is 2.08. The molecule has 0 spiro atoms. The normalized spacial score (nSPS) is 10.9. The fourth-order valence-electron chi connectivity index (χ4n) is 3.05. The van der Waals surface area contributed by atoms with Crippen LogP contribution < -0.4 is 11.1 Å². The molecular formula is C21H20N6. The topological polar surface area (TPSA) is 89.6 Å². The molecule has 0 fully saturated rings. The van der Waals surface area contributed by atoms with Crippen LogP contribution in [0.2, 0.25) is 0 Å². The van der Waals surface area contributed by atoms with Gasteiger partial charge in [-0.1, -0.05) is 24.3 Å². The standard InChI is InChI=1S/C21H20N6/c1-14-11-25-20(12-24-14)17-5-3-2-4-15(17)8-9-23-21-18-10-16(22)6-7-19(18)26-13-27-21/h2-7,10-13H,8-9,22H2,1H3,(H,23,26,27). The van der Waals surface area contributed by atoms with Crippen LogP contribution in [-0.4, -0.2) is 26.5 Å². The first-order chi connectivity index (χ1) is 13.2. The van der Waals surface area contributed by atoms with Gasteiger partial charge >= 0.3 is 0 Å². The molecule has 0 radical (unpaired) electrons. The van der Waals surface area contributed by atoms with Gasteiger partial charge in [-0.25, -0.2) is 9.97 Å². The highest BCUT2D eigenvalue weighted by Crippen LogP contribution is 2.23. The highest BCUT2D eigenvalue weighted by molar-refractivity contribution is 5.91. The lowest BCUT2D eigenvalue weighted by Gasteiger charge is -2.11. The van der Waals surface area contributed by atoms with Crippen LogP contribution in [0, 0.1) is 6.92 Å². The number of nitrogens with two attached hydrogens (primary N) is 1. The molecule has 2 heterocycles. The highest BCUT2D eigenvalue weighted by atomic mass is 15.0. The fourth-order valence-corrected chi connectivity index (χ4v) is 3.05. The van der Waals surface area contributed by atoms with Crippen molar-refractivity contribution in [1.29, 1.82) is 0 Å². The van der Waals surface area contributed by atoms with E-state index in [1.54, 1.807) is 12.5 Å². The second kappa shape index (κ2) is 7.37. The summed E-state index contributed by atoms with van der Waals surface area (Å²) in [6, 6.07) is 13.9. The molecule has 0 saturated heterocycles. The van der Waals surface area contributed by atoms with Crippen molar-refractivity contribution in [2.45, 2.75) is 13.3 Å². The van der Waals surface area contributed by atoms with Crippen molar-refractivity contribution in [3.63, 3.8) is 0 Å². The number of aromatic nitrogens is 4. The number of hydrogen-bond acceptors (Lipinski definition) is 6. The molecule has 2 aromatic heterocycles. The third-order valence-electron chi connectivity index (χ3n) is 4.42. The Morgan fingerprint density at radius 3 is 2.70 bits per heavy atom. The second-order valence-corrected chi connectivity index (χ2v) is 6.38. The molecule has 0 saturated carbocycles. The Balaban J connectivity index is 1.54. The van der Waals surface area contributed by atoms with E-state index in [0.717, 1.165) is 46.6 Å². The van der Waals surface area contributed by atoms with Gasteiger partial charge in [0.1, 0.15) is 12.1 Å². The quantitative estimate of drug-likeness (QED) is 0.531. The molecule has 0 unspecified atom stereocenters. The van der Waals surface area contributed by atoms with E-state index in [4.69, 9.17) is 5.73 Å². The molecule has 0 amide bonds. The third-order valence-corrected chi connectivity index (χ3v) is 4.42. The first-order valence-electron chi connectivity index (χ1n) is 8.82. The van der Waals surface area contributed by atoms with Gasteiger partial charge in [-0.2, -0.15) is 0 Å². The van der Waals surface area contributed by atoms with Crippen LogP contribution in [-0.2, 0) is 6.42 Å². The Kier molecular flexibility index (Phi) is 4.61. The van der Waals surface area contributed by atoms with Gasteiger partial charge in [-0.15, -0.1) is 0 Å². The molecule has 134 valence electrons. The molecule has 0 aliphatic carbocycles. The Morgan fingerprint density at radius 1 is 0.963 bits per heavy atom. The van der Waals surface area contributed by atoms with E-state index >= 15 is 0 Å². The smallest absolute Gasteiger partial charge is 0.137 e. The van der Waals surface area contributed by atoms with Crippen LogP contribution in [0.15, 0.2) is 61.2 Å². The molecule has 0 aliphatic rings. The number of nitrogens with one attached hydrogen (secondary N) is 1. The molecule has 4 aromatic rings. The van der Waals surface area contributed by atoms with Crippen molar-refractivity contribution in [3.8, 4) is 11.3 Å². The zero-order valence-corrected chi connectivity index (χ0v) is 15.1. The lowest BCUT2D eigenvalue weighted by molar-refractivity contribution is 1.00. The van der Waals surface area contributed by atoms with Crippen molar-refractivity contribution in [2.75, 3.05) is 17.6 Å². The third kappa shape index (κ3) is 3.69. The SMILES string of the molecule is Cc1cnc(-c2ccccc2CCNc2ncnc3ccc(N)cc23)cn1. The van der Waals surface area contributed by atoms with Crippen LogP contribution >= 0.6 is 0 Å². The summed E-state index contributed by atoms with van der Waals surface area (Å²) >= 11 is 0. The number of nitrogen functional groups attached to an aromatic ring is 1. The number of nitrogens with zero attached hydrogens (tertiary/aromatic N) is 4. The van der Waals surface area contributed by atoms with Crippen LogP contribution in [0.3, 0.4) is 0 Å². The molecule has 27 heavy (non-hydrogen) atoms. The van der Waals surface area contributed by atoms with Crippen molar-refractivity contribution >= 4 is 22.4 Å². The predicted molar refractivity (Wildman–Crippen MR) is 108 cm³/mol. The Bertz CT molecular complexity index is 1080. The largest absolute Gasteiger partial charge is 0.399 e. The van der Waals surface area contributed by atoms with Gasteiger partial charge in [0.2, 0.25) is 0 Å². The lowest BCUT2D eigenvalue weighted by atomic mass is 10.0. The van der Waals surface area contributed by atoms with E-state index < -0.39 is 0 Å².